The highest BCUT2D eigenvalue weighted by Crippen LogP contribution is 2.12. The maximum atomic E-state index is 12.7. The first kappa shape index (κ1) is 17.5. The number of aromatic nitrogens is 3. The van der Waals surface area contributed by atoms with Crippen LogP contribution in [0.1, 0.15) is 27.4 Å². The summed E-state index contributed by atoms with van der Waals surface area (Å²) in [6.07, 6.45) is 3.49. The van der Waals surface area contributed by atoms with E-state index in [2.05, 4.69) is 20.3 Å². The second kappa shape index (κ2) is 8.20. The van der Waals surface area contributed by atoms with Crippen LogP contribution in [0.2, 0.25) is 0 Å². The quantitative estimate of drug-likeness (QED) is 0.742. The first-order valence-corrected chi connectivity index (χ1v) is 8.39. The second-order valence-electron chi connectivity index (χ2n) is 6.04. The Labute approximate surface area is 153 Å². The van der Waals surface area contributed by atoms with Crippen LogP contribution >= 0.6 is 0 Å². The number of amides is 1. The third-order valence-corrected chi connectivity index (χ3v) is 3.89. The molecule has 3 aromatic rings. The van der Waals surface area contributed by atoms with Crippen LogP contribution in [0.3, 0.4) is 0 Å². The number of hydrogen-bond acceptors (Lipinski definition) is 5. The largest absolute Gasteiger partial charge is 0.366 e. The van der Waals surface area contributed by atoms with Crippen LogP contribution < -0.4 is 5.32 Å². The number of anilines is 1. The molecule has 0 saturated heterocycles. The minimum atomic E-state index is -0.133. The van der Waals surface area contributed by atoms with E-state index in [0.29, 0.717) is 30.4 Å². The lowest BCUT2D eigenvalue weighted by atomic mass is 10.2. The van der Waals surface area contributed by atoms with Crippen LogP contribution in [0.15, 0.2) is 60.9 Å². The molecule has 0 aliphatic heterocycles. The van der Waals surface area contributed by atoms with Crippen LogP contribution in [0.4, 0.5) is 5.82 Å². The van der Waals surface area contributed by atoms with Crippen LogP contribution in [0.25, 0.3) is 0 Å². The topological polar surface area (TPSA) is 71.0 Å². The molecule has 0 radical (unpaired) electrons. The predicted octanol–water partition coefficient (Wildman–Crippen LogP) is 3.06. The molecule has 1 amide bonds. The lowest BCUT2D eigenvalue weighted by molar-refractivity contribution is 0.0779. The highest BCUT2D eigenvalue weighted by molar-refractivity contribution is 5.92. The van der Waals surface area contributed by atoms with Gasteiger partial charge in [-0.3, -0.25) is 9.78 Å². The smallest absolute Gasteiger partial charge is 0.272 e. The Balaban J connectivity index is 1.70. The lowest BCUT2D eigenvalue weighted by Gasteiger charge is -2.17. The van der Waals surface area contributed by atoms with Crippen molar-refractivity contribution in [3.63, 3.8) is 0 Å². The number of nitrogens with one attached hydrogen (secondary N) is 1. The monoisotopic (exact) mass is 347 g/mol. The van der Waals surface area contributed by atoms with E-state index in [1.807, 2.05) is 42.5 Å². The molecule has 6 heteroatoms. The fourth-order valence-corrected chi connectivity index (χ4v) is 2.59. The van der Waals surface area contributed by atoms with Crippen molar-refractivity contribution < 1.29 is 4.79 Å². The van der Waals surface area contributed by atoms with Gasteiger partial charge in [0.1, 0.15) is 17.3 Å². The predicted molar refractivity (Wildman–Crippen MR) is 101 cm³/mol. The summed E-state index contributed by atoms with van der Waals surface area (Å²) in [5, 5.41) is 3.24. The van der Waals surface area contributed by atoms with Crippen LogP contribution in [0, 0.1) is 6.92 Å². The number of rotatable bonds is 6. The number of carbonyl (C=O) groups is 1. The summed E-state index contributed by atoms with van der Waals surface area (Å²) in [4.78, 5) is 27.1. The highest BCUT2D eigenvalue weighted by atomic mass is 16.2. The van der Waals surface area contributed by atoms with Gasteiger partial charge < -0.3 is 10.2 Å². The summed E-state index contributed by atoms with van der Waals surface area (Å²) in [7, 11) is 1.77. The van der Waals surface area contributed by atoms with Gasteiger partial charge in [0, 0.05) is 38.6 Å². The number of benzene rings is 1. The SMILES string of the molecule is Cc1nc(NCc2ccncc2)cc(C(=O)N(C)Cc2ccccc2)n1. The Bertz CT molecular complexity index is 868. The zero-order chi connectivity index (χ0) is 18.4. The first-order chi connectivity index (χ1) is 12.6. The first-order valence-electron chi connectivity index (χ1n) is 8.39. The molecular formula is C20H21N5O. The summed E-state index contributed by atoms with van der Waals surface area (Å²) < 4.78 is 0. The molecule has 0 bridgehead atoms. The minimum absolute atomic E-state index is 0.133. The molecule has 0 fully saturated rings. The van der Waals surface area contributed by atoms with E-state index in [0.717, 1.165) is 11.1 Å². The normalized spacial score (nSPS) is 10.4. The number of nitrogens with zero attached hydrogens (tertiary/aromatic N) is 4. The molecule has 0 aliphatic carbocycles. The molecule has 0 aliphatic rings. The molecular weight excluding hydrogens is 326 g/mol. The van der Waals surface area contributed by atoms with Gasteiger partial charge in [0.15, 0.2) is 0 Å². The molecule has 1 N–H and O–H groups in total. The van der Waals surface area contributed by atoms with Crippen molar-refractivity contribution in [1.29, 1.82) is 0 Å². The van der Waals surface area contributed by atoms with Gasteiger partial charge in [-0.1, -0.05) is 30.3 Å². The van der Waals surface area contributed by atoms with Gasteiger partial charge in [0.25, 0.3) is 5.91 Å². The molecule has 2 aromatic heterocycles. The van der Waals surface area contributed by atoms with Crippen LogP contribution in [0.5, 0.6) is 0 Å². The van der Waals surface area contributed by atoms with Gasteiger partial charge in [-0.15, -0.1) is 0 Å². The van der Waals surface area contributed by atoms with Crippen molar-refractivity contribution in [3.05, 3.63) is 83.6 Å². The Morgan fingerprint density at radius 1 is 1.04 bits per heavy atom. The fraction of sp³-hybridized carbons (Fsp3) is 0.200. The van der Waals surface area contributed by atoms with Crippen LogP contribution in [-0.2, 0) is 13.1 Å². The summed E-state index contributed by atoms with van der Waals surface area (Å²) in [5.74, 6) is 1.05. The summed E-state index contributed by atoms with van der Waals surface area (Å²) >= 11 is 0. The second-order valence-corrected chi connectivity index (χ2v) is 6.04. The van der Waals surface area contributed by atoms with Crippen molar-refractivity contribution >= 4 is 11.7 Å². The van der Waals surface area contributed by atoms with Crippen molar-refractivity contribution in [3.8, 4) is 0 Å². The molecule has 6 nitrogen and oxygen atoms in total. The van der Waals surface area contributed by atoms with E-state index in [9.17, 15) is 4.79 Å². The third kappa shape index (κ3) is 4.63. The molecule has 0 unspecified atom stereocenters. The zero-order valence-corrected chi connectivity index (χ0v) is 14.9. The average Bonchev–Trinajstić information content (AvgIpc) is 2.67. The van der Waals surface area contributed by atoms with Gasteiger partial charge in [0.05, 0.1) is 0 Å². The third-order valence-electron chi connectivity index (χ3n) is 3.89. The van der Waals surface area contributed by atoms with E-state index in [4.69, 9.17) is 0 Å². The van der Waals surface area contributed by atoms with E-state index in [1.165, 1.54) is 0 Å². The van der Waals surface area contributed by atoms with Crippen molar-refractivity contribution in [2.75, 3.05) is 12.4 Å². The van der Waals surface area contributed by atoms with Gasteiger partial charge in [0.2, 0.25) is 0 Å². The van der Waals surface area contributed by atoms with E-state index >= 15 is 0 Å². The molecule has 0 saturated carbocycles. The number of hydrogen-bond donors (Lipinski definition) is 1. The van der Waals surface area contributed by atoms with Gasteiger partial charge in [-0.2, -0.15) is 0 Å². The minimum Gasteiger partial charge on any atom is -0.366 e. The Kier molecular flexibility index (Phi) is 5.53. The molecule has 2 heterocycles. The summed E-state index contributed by atoms with van der Waals surface area (Å²) in [6, 6.07) is 15.4. The molecule has 132 valence electrons. The highest BCUT2D eigenvalue weighted by Gasteiger charge is 2.15. The van der Waals surface area contributed by atoms with Crippen molar-refractivity contribution in [2.24, 2.45) is 0 Å². The molecule has 3 rings (SSSR count). The fourth-order valence-electron chi connectivity index (χ4n) is 2.59. The van der Waals surface area contributed by atoms with E-state index < -0.39 is 0 Å². The average molecular weight is 347 g/mol. The van der Waals surface area contributed by atoms with Gasteiger partial charge >= 0.3 is 0 Å². The standard InChI is InChI=1S/C20H21N5O/c1-15-23-18(20(26)25(2)14-17-6-4-3-5-7-17)12-19(24-15)22-13-16-8-10-21-11-9-16/h3-12H,13-14H2,1-2H3,(H,22,23,24). The van der Waals surface area contributed by atoms with Gasteiger partial charge in [-0.05, 0) is 30.2 Å². The van der Waals surface area contributed by atoms with E-state index in [-0.39, 0.29) is 5.91 Å². The number of aryl methyl sites for hydroxylation is 1. The van der Waals surface area contributed by atoms with Crippen molar-refractivity contribution in [1.82, 2.24) is 19.9 Å². The maximum Gasteiger partial charge on any atom is 0.272 e. The van der Waals surface area contributed by atoms with Crippen LogP contribution in [-0.4, -0.2) is 32.8 Å². The number of pyridine rings is 1. The zero-order valence-electron chi connectivity index (χ0n) is 14.9. The Morgan fingerprint density at radius 2 is 1.77 bits per heavy atom. The molecule has 0 spiro atoms. The summed E-state index contributed by atoms with van der Waals surface area (Å²) in [5.41, 5.74) is 2.55. The van der Waals surface area contributed by atoms with E-state index in [1.54, 1.807) is 37.3 Å². The molecule has 26 heavy (non-hydrogen) atoms. The molecule has 0 atom stereocenters. The Hall–Kier alpha value is -3.28. The Morgan fingerprint density at radius 3 is 2.50 bits per heavy atom. The van der Waals surface area contributed by atoms with Crippen molar-refractivity contribution in [2.45, 2.75) is 20.0 Å². The molecule has 1 aromatic carbocycles. The summed E-state index contributed by atoms with van der Waals surface area (Å²) in [6.45, 7) is 2.92. The van der Waals surface area contributed by atoms with Gasteiger partial charge in [-0.25, -0.2) is 9.97 Å². The number of carbonyl (C=O) groups excluding carboxylic acids is 1. The lowest BCUT2D eigenvalue weighted by Crippen LogP contribution is -2.27. The maximum absolute atomic E-state index is 12.7.